The van der Waals surface area contributed by atoms with Gasteiger partial charge in [-0.05, 0) is 0 Å². The van der Waals surface area contributed by atoms with Crippen LogP contribution in [0.1, 0.15) is 14.7 Å². The molecule has 0 saturated carbocycles. The van der Waals surface area contributed by atoms with Crippen LogP contribution in [-0.2, 0) is 6.54 Å². The lowest BCUT2D eigenvalue weighted by Gasteiger charge is -2.06. The zero-order chi connectivity index (χ0) is 9.84. The lowest BCUT2D eigenvalue weighted by atomic mass is 10.5. The van der Waals surface area contributed by atoms with Crippen LogP contribution in [0.4, 0.5) is 0 Å². The smallest absolute Gasteiger partial charge is 0.265 e. The summed E-state index contributed by atoms with van der Waals surface area (Å²) in [7, 11) is 3.47. The average Bonchev–Trinajstić information content (AvgIpc) is 2.52. The molecule has 0 bridgehead atoms. The van der Waals surface area contributed by atoms with Gasteiger partial charge in [0, 0.05) is 37.0 Å². The van der Waals surface area contributed by atoms with Gasteiger partial charge in [0.15, 0.2) is 0 Å². The van der Waals surface area contributed by atoms with Crippen LogP contribution in [0, 0.1) is 0 Å². The molecular formula is C7H10IN3OS. The molecule has 0 fully saturated rings. The molecule has 0 aliphatic rings. The van der Waals surface area contributed by atoms with Crippen molar-refractivity contribution in [2.45, 2.75) is 6.54 Å². The normalized spacial score (nSPS) is 10.1. The number of carbonyl (C=O) groups is 1. The van der Waals surface area contributed by atoms with Crippen LogP contribution in [0.15, 0.2) is 6.20 Å². The number of thiazole rings is 1. The monoisotopic (exact) mass is 311 g/mol. The fraction of sp³-hybridized carbons (Fsp3) is 0.429. The molecule has 0 atom stereocenters. The van der Waals surface area contributed by atoms with Crippen molar-refractivity contribution in [1.29, 1.82) is 0 Å². The van der Waals surface area contributed by atoms with Crippen molar-refractivity contribution in [3.8, 4) is 0 Å². The number of amides is 1. The summed E-state index contributed by atoms with van der Waals surface area (Å²) < 4.78 is 2.96. The summed E-state index contributed by atoms with van der Waals surface area (Å²) >= 11 is 3.48. The molecule has 1 rings (SSSR count). The Morgan fingerprint density at radius 2 is 2.46 bits per heavy atom. The maximum absolute atomic E-state index is 11.4. The summed E-state index contributed by atoms with van der Waals surface area (Å²) in [5.74, 6) is 0.0113. The number of rotatable bonds is 3. The molecule has 1 heterocycles. The maximum atomic E-state index is 11.4. The van der Waals surface area contributed by atoms with E-state index in [9.17, 15) is 4.79 Å². The second-order valence-corrected chi connectivity index (χ2v) is 4.51. The van der Waals surface area contributed by atoms with Crippen molar-refractivity contribution in [2.24, 2.45) is 0 Å². The van der Waals surface area contributed by atoms with Gasteiger partial charge in [-0.3, -0.25) is 8.32 Å². The molecule has 1 N–H and O–H groups in total. The van der Waals surface area contributed by atoms with Crippen LogP contribution < -0.4 is 3.53 Å². The lowest BCUT2D eigenvalue weighted by Crippen LogP contribution is -2.20. The zero-order valence-corrected chi connectivity index (χ0v) is 10.3. The van der Waals surface area contributed by atoms with Crippen LogP contribution in [-0.4, -0.2) is 29.9 Å². The molecule has 13 heavy (non-hydrogen) atoms. The molecule has 72 valence electrons. The van der Waals surface area contributed by atoms with Crippen LogP contribution in [0.2, 0.25) is 0 Å². The van der Waals surface area contributed by atoms with Crippen LogP contribution >= 0.6 is 34.2 Å². The first-order chi connectivity index (χ1) is 6.15. The van der Waals surface area contributed by atoms with Crippen molar-refractivity contribution >= 4 is 40.1 Å². The molecule has 1 aromatic rings. The Morgan fingerprint density at radius 1 is 1.77 bits per heavy atom. The number of carbonyl (C=O) groups excluding carboxylic acids is 1. The molecule has 4 nitrogen and oxygen atoms in total. The molecular weight excluding hydrogens is 301 g/mol. The van der Waals surface area contributed by atoms with E-state index in [4.69, 9.17) is 0 Å². The Hall–Kier alpha value is -0.210. The number of hydrogen-bond acceptors (Lipinski definition) is 4. The minimum atomic E-state index is 0.0113. The van der Waals surface area contributed by atoms with Crippen LogP contribution in [0.5, 0.6) is 0 Å². The molecule has 0 aliphatic heterocycles. The van der Waals surface area contributed by atoms with Crippen molar-refractivity contribution in [3.05, 3.63) is 16.1 Å². The first-order valence-electron chi connectivity index (χ1n) is 3.65. The summed E-state index contributed by atoms with van der Waals surface area (Å²) in [6.45, 7) is 0.700. The topological polar surface area (TPSA) is 45.2 Å². The molecule has 0 spiro atoms. The molecule has 0 unspecified atom stereocenters. The third-order valence-electron chi connectivity index (χ3n) is 1.39. The van der Waals surface area contributed by atoms with E-state index >= 15 is 0 Å². The van der Waals surface area contributed by atoms with Crippen molar-refractivity contribution in [1.82, 2.24) is 13.4 Å². The Bertz CT molecular complexity index is 300. The quantitative estimate of drug-likeness (QED) is 0.676. The van der Waals surface area contributed by atoms with Gasteiger partial charge in [0.1, 0.15) is 9.88 Å². The summed E-state index contributed by atoms with van der Waals surface area (Å²) in [5.41, 5.74) is 0. The number of nitrogens with zero attached hydrogens (tertiary/aromatic N) is 2. The third kappa shape index (κ3) is 2.89. The Balaban J connectivity index is 2.73. The van der Waals surface area contributed by atoms with Gasteiger partial charge in [0.2, 0.25) is 0 Å². The predicted molar refractivity (Wildman–Crippen MR) is 61.0 cm³/mol. The fourth-order valence-corrected chi connectivity index (χ4v) is 2.27. The van der Waals surface area contributed by atoms with E-state index in [0.717, 1.165) is 5.01 Å². The summed E-state index contributed by atoms with van der Waals surface area (Å²) in [5, 5.41) is 0.930. The first-order valence-corrected chi connectivity index (χ1v) is 5.54. The maximum Gasteiger partial charge on any atom is 0.265 e. The van der Waals surface area contributed by atoms with Gasteiger partial charge in [-0.25, -0.2) is 4.98 Å². The van der Waals surface area contributed by atoms with Gasteiger partial charge >= 0.3 is 0 Å². The second kappa shape index (κ2) is 4.87. The largest absolute Gasteiger partial charge is 0.344 e. The van der Waals surface area contributed by atoms with E-state index < -0.39 is 0 Å². The number of aromatic nitrogens is 1. The van der Waals surface area contributed by atoms with Gasteiger partial charge in [-0.2, -0.15) is 0 Å². The molecule has 0 radical (unpaired) electrons. The third-order valence-corrected chi connectivity index (χ3v) is 2.76. The van der Waals surface area contributed by atoms with E-state index in [-0.39, 0.29) is 5.91 Å². The van der Waals surface area contributed by atoms with Gasteiger partial charge in [-0.1, -0.05) is 0 Å². The van der Waals surface area contributed by atoms with E-state index in [1.54, 1.807) is 25.2 Å². The van der Waals surface area contributed by atoms with Gasteiger partial charge in [0.05, 0.1) is 12.7 Å². The Kier molecular flexibility index (Phi) is 4.07. The van der Waals surface area contributed by atoms with Crippen molar-refractivity contribution in [3.63, 3.8) is 0 Å². The average molecular weight is 311 g/mol. The fourth-order valence-electron chi connectivity index (χ4n) is 0.768. The molecule has 0 aliphatic carbocycles. The highest BCUT2D eigenvalue weighted by Gasteiger charge is 2.11. The van der Waals surface area contributed by atoms with Crippen molar-refractivity contribution < 1.29 is 4.79 Å². The van der Waals surface area contributed by atoms with Crippen molar-refractivity contribution in [2.75, 3.05) is 14.1 Å². The van der Waals surface area contributed by atoms with E-state index in [1.165, 1.54) is 11.3 Å². The lowest BCUT2D eigenvalue weighted by molar-refractivity contribution is 0.0832. The highest BCUT2D eigenvalue weighted by atomic mass is 127. The highest BCUT2D eigenvalue weighted by molar-refractivity contribution is 14.1. The van der Waals surface area contributed by atoms with Gasteiger partial charge < -0.3 is 4.90 Å². The SMILES string of the molecule is CN(C)C(=O)c1cnc(CNI)s1. The van der Waals surface area contributed by atoms with E-state index in [1.807, 2.05) is 0 Å². The predicted octanol–water partition coefficient (Wildman–Crippen LogP) is 1.28. The van der Waals surface area contributed by atoms with E-state index in [2.05, 4.69) is 31.4 Å². The minimum absolute atomic E-state index is 0.0113. The number of halogens is 1. The second-order valence-electron chi connectivity index (χ2n) is 2.63. The number of nitrogens with one attached hydrogen (secondary N) is 1. The first kappa shape index (κ1) is 10.9. The molecule has 1 aromatic heterocycles. The standard InChI is InChI=1S/C7H10IN3OS/c1-11(2)7(12)5-3-9-6(13-5)4-10-8/h3,10H,4H2,1-2H3. The number of hydrogen-bond donors (Lipinski definition) is 1. The zero-order valence-electron chi connectivity index (χ0n) is 7.37. The molecule has 0 aromatic carbocycles. The summed E-state index contributed by atoms with van der Waals surface area (Å²) in [4.78, 5) is 17.8. The highest BCUT2D eigenvalue weighted by Crippen LogP contribution is 2.14. The van der Waals surface area contributed by atoms with Gasteiger partial charge in [0.25, 0.3) is 5.91 Å². The Morgan fingerprint density at radius 3 is 3.00 bits per heavy atom. The van der Waals surface area contributed by atoms with E-state index in [0.29, 0.717) is 11.4 Å². The Labute approximate surface area is 94.8 Å². The molecule has 6 heteroatoms. The van der Waals surface area contributed by atoms with Crippen LogP contribution in [0.3, 0.4) is 0 Å². The summed E-state index contributed by atoms with van der Waals surface area (Å²) in [6.07, 6.45) is 1.62. The molecule has 1 amide bonds. The van der Waals surface area contributed by atoms with Crippen LogP contribution in [0.25, 0.3) is 0 Å². The minimum Gasteiger partial charge on any atom is -0.344 e. The summed E-state index contributed by atoms with van der Waals surface area (Å²) in [6, 6.07) is 0. The molecule has 0 saturated heterocycles. The van der Waals surface area contributed by atoms with Gasteiger partial charge in [-0.15, -0.1) is 11.3 Å².